The minimum Gasteiger partial charge on any atom is -0.493 e. The van der Waals surface area contributed by atoms with Gasteiger partial charge in [-0.2, -0.15) is 5.26 Å². The first-order chi connectivity index (χ1) is 26.7. The van der Waals surface area contributed by atoms with Gasteiger partial charge in [0.2, 0.25) is 0 Å². The van der Waals surface area contributed by atoms with Crippen molar-refractivity contribution < 1.29 is 38.4 Å². The Morgan fingerprint density at radius 2 is 1.16 bits per heavy atom. The number of aliphatic hydroxyl groups is 1. The number of fused-ring (bicyclic) bond motifs is 2. The van der Waals surface area contributed by atoms with Crippen molar-refractivity contribution >= 4 is 33.3 Å². The Hall–Kier alpha value is -6.37. The van der Waals surface area contributed by atoms with Gasteiger partial charge in [0.15, 0.2) is 34.2 Å². The summed E-state index contributed by atoms with van der Waals surface area (Å²) in [6, 6.07) is 39.0. The molecule has 55 heavy (non-hydrogen) atoms. The number of methoxy groups -OCH3 is 5. The second-order valence-electron chi connectivity index (χ2n) is 13.8. The van der Waals surface area contributed by atoms with Crippen LogP contribution in [-0.2, 0) is 15.1 Å². The van der Waals surface area contributed by atoms with E-state index >= 15 is 4.79 Å². The summed E-state index contributed by atoms with van der Waals surface area (Å²) in [6.45, 7) is 0. The molecule has 6 aromatic rings. The van der Waals surface area contributed by atoms with Crippen molar-refractivity contribution in [1.29, 1.82) is 5.26 Å². The lowest BCUT2D eigenvalue weighted by atomic mass is 9.47. The van der Waals surface area contributed by atoms with Crippen LogP contribution in [0.15, 0.2) is 121 Å². The topological polar surface area (TPSA) is 124 Å². The Labute approximate surface area is 319 Å². The smallest absolute Gasteiger partial charge is 0.327 e. The van der Waals surface area contributed by atoms with Gasteiger partial charge in [0.25, 0.3) is 0 Å². The molecule has 1 fully saturated rings. The van der Waals surface area contributed by atoms with Gasteiger partial charge in [0, 0.05) is 17.4 Å². The normalized spacial score (nSPS) is 22.0. The molecule has 5 atom stereocenters. The summed E-state index contributed by atoms with van der Waals surface area (Å²) >= 11 is 0. The predicted octanol–water partition coefficient (Wildman–Crippen LogP) is 8.37. The van der Waals surface area contributed by atoms with Crippen LogP contribution in [0.5, 0.6) is 23.0 Å². The van der Waals surface area contributed by atoms with Crippen LogP contribution < -0.4 is 18.9 Å². The van der Waals surface area contributed by atoms with Gasteiger partial charge in [0.05, 0.1) is 47.5 Å². The summed E-state index contributed by atoms with van der Waals surface area (Å²) in [7, 11) is 7.22. The number of carbonyl (C=O) groups is 2. The summed E-state index contributed by atoms with van der Waals surface area (Å²) in [5.74, 6) is -3.52. The Balaban J connectivity index is 1.60. The van der Waals surface area contributed by atoms with Gasteiger partial charge in [-0.15, -0.1) is 0 Å². The van der Waals surface area contributed by atoms with Gasteiger partial charge in [0.1, 0.15) is 5.60 Å². The van der Waals surface area contributed by atoms with E-state index in [-0.39, 0.29) is 6.42 Å². The number of nitrogens with zero attached hydrogens (tertiary/aromatic N) is 1. The highest BCUT2D eigenvalue weighted by atomic mass is 16.5. The zero-order valence-electron chi connectivity index (χ0n) is 31.2. The highest BCUT2D eigenvalue weighted by molar-refractivity contribution is 6.03. The molecule has 6 aromatic carbocycles. The van der Waals surface area contributed by atoms with Crippen molar-refractivity contribution in [1.82, 2.24) is 0 Å². The van der Waals surface area contributed by atoms with Gasteiger partial charge in [-0.1, -0.05) is 84.9 Å². The molecule has 0 radical (unpaired) electrons. The molecule has 1 aliphatic carbocycles. The summed E-state index contributed by atoms with van der Waals surface area (Å²) in [5, 5.41) is 28.9. The van der Waals surface area contributed by atoms with E-state index in [1.807, 2.05) is 72.8 Å². The zero-order valence-corrected chi connectivity index (χ0v) is 31.2. The van der Waals surface area contributed by atoms with Crippen LogP contribution in [0, 0.1) is 22.7 Å². The molecule has 0 bridgehead atoms. The highest BCUT2D eigenvalue weighted by Gasteiger charge is 2.67. The fourth-order valence-corrected chi connectivity index (χ4v) is 8.58. The van der Waals surface area contributed by atoms with E-state index in [2.05, 4.69) is 6.07 Å². The van der Waals surface area contributed by atoms with Gasteiger partial charge in [-0.25, -0.2) is 0 Å². The number of rotatable bonds is 10. The van der Waals surface area contributed by atoms with E-state index in [1.54, 1.807) is 48.5 Å². The SMILES string of the molecule is COC(=O)[C@]1(C#N)[C@H](c2ccc(OC)c(OC)c2)C[C@](O)(c2ccc3ccccc3c2)[C@@H](C(=O)c2ccc3ccccc3c2)[C@@H]1c1ccc(OC)c(OC)c1. The van der Waals surface area contributed by atoms with E-state index in [4.69, 9.17) is 23.7 Å². The predicted molar refractivity (Wildman–Crippen MR) is 209 cm³/mol. The maximum absolute atomic E-state index is 15.6. The van der Waals surface area contributed by atoms with Crippen molar-refractivity contribution in [2.45, 2.75) is 23.9 Å². The Bertz CT molecular complexity index is 2470. The number of benzene rings is 6. The first-order valence-corrected chi connectivity index (χ1v) is 17.9. The average molecular weight is 736 g/mol. The number of hydrogen-bond acceptors (Lipinski definition) is 9. The van der Waals surface area contributed by atoms with Crippen molar-refractivity contribution in [3.63, 3.8) is 0 Å². The molecule has 0 spiro atoms. The molecule has 1 aliphatic rings. The van der Waals surface area contributed by atoms with Crippen molar-refractivity contribution in [3.8, 4) is 29.1 Å². The van der Waals surface area contributed by atoms with Gasteiger partial charge in [-0.3, -0.25) is 9.59 Å². The molecule has 1 saturated carbocycles. The van der Waals surface area contributed by atoms with Crippen LogP contribution in [0.1, 0.15) is 45.3 Å². The lowest BCUT2D eigenvalue weighted by molar-refractivity contribution is -0.162. The summed E-state index contributed by atoms with van der Waals surface area (Å²) in [4.78, 5) is 30.3. The number of carbonyl (C=O) groups excluding carboxylic acids is 2. The molecule has 7 rings (SSSR count). The summed E-state index contributed by atoms with van der Waals surface area (Å²) < 4.78 is 28.1. The number of nitriles is 1. The summed E-state index contributed by atoms with van der Waals surface area (Å²) in [6.07, 6.45) is -0.211. The third kappa shape index (κ3) is 6.09. The number of Topliss-reactive ketones (excluding diaryl/α,β-unsaturated/α-hetero) is 1. The van der Waals surface area contributed by atoms with Gasteiger partial charge >= 0.3 is 5.97 Å². The molecule has 9 heteroatoms. The molecule has 0 aliphatic heterocycles. The highest BCUT2D eigenvalue weighted by Crippen LogP contribution is 2.64. The van der Waals surface area contributed by atoms with E-state index in [9.17, 15) is 15.2 Å². The van der Waals surface area contributed by atoms with Crippen LogP contribution in [0.25, 0.3) is 21.5 Å². The molecule has 0 heterocycles. The standard InChI is InChI=1S/C46H41NO8/c1-51-37-20-17-32(24-39(37)53-3)36-26-46(50,35-19-16-29-11-7-9-13-31(29)23-35)42(43(48)34-15-14-28-10-6-8-12-30(28)22-34)41(45(36,27-47)44(49)55-5)33-18-21-38(52-2)40(25-33)54-4/h6-25,36,41-42,50H,26H2,1-5H3/t36-,41-,42+,45+,46-/m0/s1. The second kappa shape index (κ2) is 14.8. The molecular weight excluding hydrogens is 695 g/mol. The van der Waals surface area contributed by atoms with Crippen LogP contribution in [0.3, 0.4) is 0 Å². The number of esters is 1. The Morgan fingerprint density at radius 1 is 0.636 bits per heavy atom. The zero-order chi connectivity index (χ0) is 38.9. The maximum Gasteiger partial charge on any atom is 0.327 e. The molecular formula is C46H41NO8. The van der Waals surface area contributed by atoms with Gasteiger partial charge < -0.3 is 28.8 Å². The van der Waals surface area contributed by atoms with E-state index in [1.165, 1.54) is 35.5 Å². The van der Waals surface area contributed by atoms with Crippen LogP contribution in [0.4, 0.5) is 0 Å². The maximum atomic E-state index is 15.6. The molecule has 278 valence electrons. The quantitative estimate of drug-likeness (QED) is 0.109. The van der Waals surface area contributed by atoms with Crippen molar-refractivity contribution in [3.05, 3.63) is 144 Å². The summed E-state index contributed by atoms with van der Waals surface area (Å²) in [5.41, 5.74) is -2.36. The van der Waals surface area contributed by atoms with Crippen molar-refractivity contribution in [2.24, 2.45) is 11.3 Å². The Kier molecular flexibility index (Phi) is 9.95. The molecule has 9 nitrogen and oxygen atoms in total. The van der Waals surface area contributed by atoms with E-state index in [0.29, 0.717) is 45.3 Å². The first-order valence-electron chi connectivity index (χ1n) is 17.9. The second-order valence-corrected chi connectivity index (χ2v) is 13.8. The third-order valence-electron chi connectivity index (χ3n) is 11.3. The van der Waals surface area contributed by atoms with E-state index in [0.717, 1.165) is 21.5 Å². The van der Waals surface area contributed by atoms with E-state index < -0.39 is 40.5 Å². The van der Waals surface area contributed by atoms with Crippen LogP contribution in [-0.4, -0.2) is 52.4 Å². The lowest BCUT2D eigenvalue weighted by Crippen LogP contribution is -2.59. The number of ether oxygens (including phenoxy) is 5. The monoisotopic (exact) mass is 735 g/mol. The number of hydrogen-bond donors (Lipinski definition) is 1. The molecule has 0 unspecified atom stereocenters. The van der Waals surface area contributed by atoms with Crippen LogP contribution >= 0.6 is 0 Å². The Morgan fingerprint density at radius 3 is 1.73 bits per heavy atom. The third-order valence-corrected chi connectivity index (χ3v) is 11.3. The molecule has 0 amide bonds. The largest absolute Gasteiger partial charge is 0.493 e. The average Bonchev–Trinajstić information content (AvgIpc) is 3.24. The van der Waals surface area contributed by atoms with Crippen molar-refractivity contribution in [2.75, 3.05) is 35.5 Å². The lowest BCUT2D eigenvalue weighted by Gasteiger charge is -2.54. The first kappa shape index (κ1) is 37.0. The minimum absolute atomic E-state index is 0.211. The molecule has 0 saturated heterocycles. The fourth-order valence-electron chi connectivity index (χ4n) is 8.58. The fraction of sp³-hybridized carbons (Fsp3) is 0.239. The number of ketones is 1. The van der Waals surface area contributed by atoms with Gasteiger partial charge in [-0.05, 0) is 81.1 Å². The molecule has 1 N–H and O–H groups in total. The van der Waals surface area contributed by atoms with Crippen LogP contribution in [0.2, 0.25) is 0 Å². The molecule has 0 aromatic heterocycles. The minimum atomic E-state index is -2.08.